The fourth-order valence-electron chi connectivity index (χ4n) is 2.58. The fraction of sp³-hybridized carbons (Fsp3) is 0.0588. The molecule has 0 amide bonds. The molecule has 0 aliphatic rings. The van der Waals surface area contributed by atoms with Crippen LogP contribution in [0.5, 0.6) is 5.75 Å². The van der Waals surface area contributed by atoms with Gasteiger partial charge in [-0.25, -0.2) is 9.97 Å². The summed E-state index contributed by atoms with van der Waals surface area (Å²) >= 11 is 6.17. The van der Waals surface area contributed by atoms with Crippen molar-refractivity contribution in [1.29, 1.82) is 0 Å². The highest BCUT2D eigenvalue weighted by atomic mass is 35.5. The highest BCUT2D eigenvalue weighted by Gasteiger charge is 2.31. The second-order valence-corrected chi connectivity index (χ2v) is 5.75. The average molecular weight is 364 g/mol. The van der Waals surface area contributed by atoms with E-state index in [1.165, 1.54) is 6.07 Å². The number of hydrogen-bond acceptors (Lipinski definition) is 3. The largest absolute Gasteiger partial charge is 0.573 e. The second kappa shape index (κ2) is 5.63. The van der Waals surface area contributed by atoms with Crippen molar-refractivity contribution in [2.75, 3.05) is 0 Å². The Balaban J connectivity index is 1.78. The van der Waals surface area contributed by atoms with E-state index in [0.717, 1.165) is 11.6 Å². The van der Waals surface area contributed by atoms with Crippen LogP contribution in [-0.2, 0) is 0 Å². The maximum absolute atomic E-state index is 12.3. The first kappa shape index (κ1) is 15.7. The van der Waals surface area contributed by atoms with E-state index in [-0.39, 0.29) is 5.75 Å². The predicted octanol–water partition coefficient (Wildman–Crippen LogP) is 5.33. The first-order valence-electron chi connectivity index (χ1n) is 7.19. The first-order valence-corrected chi connectivity index (χ1v) is 7.57. The van der Waals surface area contributed by atoms with Gasteiger partial charge in [-0.15, -0.1) is 13.2 Å². The lowest BCUT2D eigenvalue weighted by atomic mass is 10.2. The summed E-state index contributed by atoms with van der Waals surface area (Å²) < 4.78 is 40.8. The second-order valence-electron chi connectivity index (χ2n) is 5.35. The zero-order chi connectivity index (χ0) is 17.6. The average Bonchev–Trinajstić information content (AvgIpc) is 2.97. The van der Waals surface area contributed by atoms with Crippen LogP contribution >= 0.6 is 11.6 Å². The van der Waals surface area contributed by atoms with Gasteiger partial charge < -0.3 is 9.72 Å². The summed E-state index contributed by atoms with van der Waals surface area (Å²) in [5.74, 6) is -0.375. The van der Waals surface area contributed by atoms with Crippen LogP contribution in [-0.4, -0.2) is 21.3 Å². The molecule has 8 heteroatoms. The van der Waals surface area contributed by atoms with Crippen molar-refractivity contribution in [3.63, 3.8) is 0 Å². The molecule has 0 bridgehead atoms. The summed E-state index contributed by atoms with van der Waals surface area (Å²) in [4.78, 5) is 11.5. The number of aromatic nitrogens is 3. The van der Waals surface area contributed by atoms with Crippen LogP contribution in [0.3, 0.4) is 0 Å². The molecule has 126 valence electrons. The third-order valence-electron chi connectivity index (χ3n) is 3.63. The van der Waals surface area contributed by atoms with Gasteiger partial charge in [0.1, 0.15) is 11.4 Å². The number of pyridine rings is 2. The van der Waals surface area contributed by atoms with Crippen LogP contribution < -0.4 is 4.74 Å². The van der Waals surface area contributed by atoms with Gasteiger partial charge in [-0.3, -0.25) is 0 Å². The Hall–Kier alpha value is -2.80. The molecule has 4 nitrogen and oxygen atoms in total. The molecule has 3 aromatic heterocycles. The molecule has 1 aromatic carbocycles. The number of alkyl halides is 3. The smallest absolute Gasteiger partial charge is 0.404 e. The maximum Gasteiger partial charge on any atom is 0.573 e. The van der Waals surface area contributed by atoms with Gasteiger partial charge in [-0.2, -0.15) is 0 Å². The van der Waals surface area contributed by atoms with Crippen molar-refractivity contribution in [3.8, 4) is 17.1 Å². The van der Waals surface area contributed by atoms with Crippen molar-refractivity contribution in [2.24, 2.45) is 0 Å². The van der Waals surface area contributed by atoms with E-state index < -0.39 is 6.36 Å². The monoisotopic (exact) mass is 363 g/mol. The standard InChI is InChI=1S/C17H9ClF3N3O/c18-12-3-1-2-9-4-5-13(23-15(9)12)14-7-10-6-11(25-17(19,20)21)8-22-16(10)24-14/h1-8H,(H,22,24). The minimum atomic E-state index is -4.76. The van der Waals surface area contributed by atoms with Gasteiger partial charge in [-0.1, -0.05) is 29.8 Å². The number of rotatable bonds is 2. The van der Waals surface area contributed by atoms with Crippen molar-refractivity contribution in [1.82, 2.24) is 15.0 Å². The van der Waals surface area contributed by atoms with Crippen molar-refractivity contribution < 1.29 is 17.9 Å². The van der Waals surface area contributed by atoms with Crippen molar-refractivity contribution in [3.05, 3.63) is 53.7 Å². The Bertz CT molecular complexity index is 1090. The molecule has 1 N–H and O–H groups in total. The molecule has 0 saturated carbocycles. The van der Waals surface area contributed by atoms with Gasteiger partial charge in [-0.05, 0) is 24.3 Å². The minimum absolute atomic E-state index is 0.375. The predicted molar refractivity (Wildman–Crippen MR) is 88.5 cm³/mol. The van der Waals surface area contributed by atoms with Crippen LogP contribution in [0.2, 0.25) is 5.02 Å². The number of nitrogens with zero attached hydrogens (tertiary/aromatic N) is 2. The molecular formula is C17H9ClF3N3O. The number of benzene rings is 1. The zero-order valence-corrected chi connectivity index (χ0v) is 13.2. The number of aromatic amines is 1. The Kier molecular flexibility index (Phi) is 3.54. The molecule has 4 rings (SSSR count). The van der Waals surface area contributed by atoms with Gasteiger partial charge >= 0.3 is 6.36 Å². The molecule has 4 aromatic rings. The Morgan fingerprint density at radius 1 is 1.04 bits per heavy atom. The van der Waals surface area contributed by atoms with E-state index in [9.17, 15) is 13.2 Å². The van der Waals surface area contributed by atoms with Crippen LogP contribution in [0.4, 0.5) is 13.2 Å². The molecule has 25 heavy (non-hydrogen) atoms. The van der Waals surface area contributed by atoms with Gasteiger partial charge in [0.2, 0.25) is 0 Å². The molecule has 0 saturated heterocycles. The van der Waals surface area contributed by atoms with E-state index in [1.807, 2.05) is 18.2 Å². The summed E-state index contributed by atoms with van der Waals surface area (Å²) in [5.41, 5.74) is 2.31. The number of nitrogens with one attached hydrogen (secondary N) is 1. The van der Waals surface area contributed by atoms with Crippen molar-refractivity contribution >= 4 is 33.5 Å². The SMILES string of the molecule is FC(F)(F)Oc1cnc2[nH]c(-c3ccc4cccc(Cl)c4n3)cc2c1. The summed E-state index contributed by atoms with van der Waals surface area (Å²) in [6, 6.07) is 12.1. The molecule has 0 aliphatic heterocycles. The lowest BCUT2D eigenvalue weighted by Crippen LogP contribution is -2.17. The van der Waals surface area contributed by atoms with Crippen LogP contribution in [0.1, 0.15) is 0 Å². The van der Waals surface area contributed by atoms with E-state index in [0.29, 0.717) is 33.0 Å². The third kappa shape index (κ3) is 3.10. The van der Waals surface area contributed by atoms with Gasteiger partial charge in [0.15, 0.2) is 0 Å². The van der Waals surface area contributed by atoms with Crippen LogP contribution in [0.25, 0.3) is 33.3 Å². The number of ether oxygens (including phenoxy) is 1. The molecule has 0 unspecified atom stereocenters. The molecule has 3 heterocycles. The maximum atomic E-state index is 12.3. The Morgan fingerprint density at radius 3 is 2.68 bits per heavy atom. The molecule has 0 fully saturated rings. The summed E-state index contributed by atoms with van der Waals surface area (Å²) in [5, 5.41) is 1.90. The first-order chi connectivity index (χ1) is 11.9. The molecular weight excluding hydrogens is 355 g/mol. The number of hydrogen-bond donors (Lipinski definition) is 1. The molecule has 0 aliphatic carbocycles. The van der Waals surface area contributed by atoms with Crippen LogP contribution in [0.15, 0.2) is 48.7 Å². The number of para-hydroxylation sites is 1. The molecule has 0 spiro atoms. The highest BCUT2D eigenvalue weighted by molar-refractivity contribution is 6.35. The van der Waals surface area contributed by atoms with Gasteiger partial charge in [0.05, 0.1) is 28.1 Å². The zero-order valence-electron chi connectivity index (χ0n) is 12.4. The Morgan fingerprint density at radius 2 is 1.88 bits per heavy atom. The minimum Gasteiger partial charge on any atom is -0.404 e. The van der Waals surface area contributed by atoms with Crippen LogP contribution in [0, 0.1) is 0 Å². The Labute approximate surface area is 144 Å². The summed E-state index contributed by atoms with van der Waals surface area (Å²) in [7, 11) is 0. The molecule has 0 radical (unpaired) electrons. The van der Waals surface area contributed by atoms with E-state index >= 15 is 0 Å². The lowest BCUT2D eigenvalue weighted by Gasteiger charge is -2.07. The van der Waals surface area contributed by atoms with Crippen molar-refractivity contribution in [2.45, 2.75) is 6.36 Å². The summed E-state index contributed by atoms with van der Waals surface area (Å²) in [6.45, 7) is 0. The fourth-order valence-corrected chi connectivity index (χ4v) is 2.81. The topological polar surface area (TPSA) is 50.8 Å². The lowest BCUT2D eigenvalue weighted by molar-refractivity contribution is -0.274. The number of halogens is 4. The van der Waals surface area contributed by atoms with E-state index in [1.54, 1.807) is 18.2 Å². The number of H-pyrrole nitrogens is 1. The van der Waals surface area contributed by atoms with E-state index in [2.05, 4.69) is 19.7 Å². The number of fused-ring (bicyclic) bond motifs is 2. The summed E-state index contributed by atoms with van der Waals surface area (Å²) in [6.07, 6.45) is -3.74. The highest BCUT2D eigenvalue weighted by Crippen LogP contribution is 2.29. The third-order valence-corrected chi connectivity index (χ3v) is 3.93. The normalized spacial score (nSPS) is 12.0. The van der Waals surface area contributed by atoms with Gasteiger partial charge in [0.25, 0.3) is 0 Å². The quantitative estimate of drug-likeness (QED) is 0.523. The van der Waals surface area contributed by atoms with Gasteiger partial charge in [0, 0.05) is 10.8 Å². The molecule has 0 atom stereocenters. The van der Waals surface area contributed by atoms with E-state index in [4.69, 9.17) is 11.6 Å².